The van der Waals surface area contributed by atoms with Crippen LogP contribution >= 0.6 is 34.8 Å². The van der Waals surface area contributed by atoms with E-state index in [1.807, 2.05) is 0 Å². The van der Waals surface area contributed by atoms with E-state index < -0.39 is 0 Å². The van der Waals surface area contributed by atoms with Gasteiger partial charge in [-0.1, -0.05) is 34.8 Å². The molecule has 0 saturated carbocycles. The Balaban J connectivity index is 2.59. The van der Waals surface area contributed by atoms with Crippen LogP contribution in [-0.2, 0) is 0 Å². The molecule has 0 bridgehead atoms. The fourth-order valence-electron chi connectivity index (χ4n) is 1.13. The Morgan fingerprint density at radius 3 is 2.07 bits per heavy atom. The van der Waals surface area contributed by atoms with Crippen molar-refractivity contribution >= 4 is 34.8 Å². The van der Waals surface area contributed by atoms with Gasteiger partial charge in [0.2, 0.25) is 0 Å². The molecule has 0 spiro atoms. The van der Waals surface area contributed by atoms with Crippen molar-refractivity contribution in [3.05, 3.63) is 45.7 Å². The molecule has 0 aliphatic rings. The Morgan fingerprint density at radius 1 is 0.800 bits per heavy atom. The molecular formula is C10H5Cl3N2. The zero-order chi connectivity index (χ0) is 10.8. The third-order valence-corrected chi connectivity index (χ3v) is 2.85. The number of hydrogen-bond acceptors (Lipinski definition) is 2. The number of aromatic nitrogens is 2. The van der Waals surface area contributed by atoms with Gasteiger partial charge in [-0.25, -0.2) is 9.97 Å². The van der Waals surface area contributed by atoms with E-state index in [-0.39, 0.29) is 0 Å². The molecule has 1 aromatic carbocycles. The van der Waals surface area contributed by atoms with Gasteiger partial charge in [0, 0.05) is 18.0 Å². The first-order chi connectivity index (χ1) is 7.18. The number of halogens is 3. The molecule has 1 heterocycles. The average molecular weight is 260 g/mol. The largest absolute Gasteiger partial charge is 0.237 e. The maximum atomic E-state index is 6.01. The molecule has 0 radical (unpaired) electrons. The van der Waals surface area contributed by atoms with Crippen molar-refractivity contribution in [3.8, 4) is 11.4 Å². The third-order valence-electron chi connectivity index (χ3n) is 1.82. The normalized spacial score (nSPS) is 10.3. The first-order valence-corrected chi connectivity index (χ1v) is 5.24. The lowest BCUT2D eigenvalue weighted by Gasteiger charge is -2.04. The summed E-state index contributed by atoms with van der Waals surface area (Å²) in [6, 6.07) is 4.97. The van der Waals surface area contributed by atoms with Gasteiger partial charge in [-0.05, 0) is 18.2 Å². The van der Waals surface area contributed by atoms with E-state index in [4.69, 9.17) is 34.8 Å². The van der Waals surface area contributed by atoms with Gasteiger partial charge in [0.15, 0.2) is 5.82 Å². The van der Waals surface area contributed by atoms with Crippen molar-refractivity contribution in [2.45, 2.75) is 0 Å². The van der Waals surface area contributed by atoms with Gasteiger partial charge in [0.1, 0.15) is 0 Å². The predicted molar refractivity (Wildman–Crippen MR) is 62.5 cm³/mol. The van der Waals surface area contributed by atoms with Crippen molar-refractivity contribution in [2.24, 2.45) is 0 Å². The van der Waals surface area contributed by atoms with Crippen molar-refractivity contribution in [2.75, 3.05) is 0 Å². The molecule has 0 unspecified atom stereocenters. The van der Waals surface area contributed by atoms with Gasteiger partial charge >= 0.3 is 0 Å². The predicted octanol–water partition coefficient (Wildman–Crippen LogP) is 4.10. The lowest BCUT2D eigenvalue weighted by atomic mass is 10.2. The fourth-order valence-corrected chi connectivity index (χ4v) is 1.76. The van der Waals surface area contributed by atoms with Gasteiger partial charge in [-0.15, -0.1) is 0 Å². The zero-order valence-corrected chi connectivity index (χ0v) is 9.68. The number of hydrogen-bond donors (Lipinski definition) is 0. The van der Waals surface area contributed by atoms with Crippen LogP contribution in [0.15, 0.2) is 30.6 Å². The molecule has 15 heavy (non-hydrogen) atoms. The lowest BCUT2D eigenvalue weighted by Crippen LogP contribution is -1.88. The van der Waals surface area contributed by atoms with Crippen LogP contribution in [0, 0.1) is 0 Å². The van der Waals surface area contributed by atoms with Crippen LogP contribution in [0.2, 0.25) is 15.1 Å². The maximum absolute atomic E-state index is 6.01. The van der Waals surface area contributed by atoms with E-state index in [1.165, 1.54) is 0 Å². The molecule has 0 atom stereocenters. The second-order valence-corrected chi connectivity index (χ2v) is 4.04. The highest BCUT2D eigenvalue weighted by Crippen LogP contribution is 2.33. The molecule has 0 N–H and O–H groups in total. The standard InChI is InChI=1S/C10H5Cl3N2/c11-7-5-9(13)8(12)4-6(7)10-14-2-1-3-15-10/h1-5H. The summed E-state index contributed by atoms with van der Waals surface area (Å²) in [5.74, 6) is 0.529. The van der Waals surface area contributed by atoms with Gasteiger partial charge < -0.3 is 0 Å². The van der Waals surface area contributed by atoms with Gasteiger partial charge in [-0.2, -0.15) is 0 Å². The first-order valence-electron chi connectivity index (χ1n) is 4.10. The molecular weight excluding hydrogens is 254 g/mol. The van der Waals surface area contributed by atoms with Crippen molar-refractivity contribution in [1.29, 1.82) is 0 Å². The SMILES string of the molecule is Clc1cc(Cl)c(-c2ncccn2)cc1Cl. The van der Waals surface area contributed by atoms with Crippen molar-refractivity contribution in [3.63, 3.8) is 0 Å². The van der Waals surface area contributed by atoms with Crippen LogP contribution in [0.5, 0.6) is 0 Å². The topological polar surface area (TPSA) is 25.8 Å². The summed E-state index contributed by atoms with van der Waals surface area (Å²) in [6.45, 7) is 0. The van der Waals surface area contributed by atoms with Gasteiger partial charge in [0.25, 0.3) is 0 Å². The highest BCUT2D eigenvalue weighted by molar-refractivity contribution is 6.44. The second-order valence-electron chi connectivity index (χ2n) is 2.82. The highest BCUT2D eigenvalue weighted by Gasteiger charge is 2.09. The molecule has 2 aromatic rings. The molecule has 2 nitrogen and oxygen atoms in total. The Bertz CT molecular complexity index is 486. The number of benzene rings is 1. The van der Waals surface area contributed by atoms with E-state index >= 15 is 0 Å². The number of nitrogens with zero attached hydrogens (tertiary/aromatic N) is 2. The van der Waals surface area contributed by atoms with E-state index in [0.717, 1.165) is 0 Å². The summed E-state index contributed by atoms with van der Waals surface area (Å²) in [5, 5.41) is 1.33. The summed E-state index contributed by atoms with van der Waals surface area (Å²) < 4.78 is 0. The van der Waals surface area contributed by atoms with Crippen molar-refractivity contribution < 1.29 is 0 Å². The van der Waals surface area contributed by atoms with Crippen LogP contribution < -0.4 is 0 Å². The van der Waals surface area contributed by atoms with Crippen LogP contribution in [0.25, 0.3) is 11.4 Å². The smallest absolute Gasteiger partial charge is 0.160 e. The monoisotopic (exact) mass is 258 g/mol. The second kappa shape index (κ2) is 4.35. The van der Waals surface area contributed by atoms with E-state index in [0.29, 0.717) is 26.5 Å². The first kappa shape index (κ1) is 10.7. The van der Waals surface area contributed by atoms with Crippen LogP contribution in [0.1, 0.15) is 0 Å². The molecule has 5 heteroatoms. The summed E-state index contributed by atoms with van der Waals surface area (Å²) in [7, 11) is 0. The maximum Gasteiger partial charge on any atom is 0.160 e. The molecule has 0 amide bonds. The molecule has 0 saturated heterocycles. The Morgan fingerprint density at radius 2 is 1.40 bits per heavy atom. The summed E-state index contributed by atoms with van der Waals surface area (Å²) in [4.78, 5) is 8.17. The van der Waals surface area contributed by atoms with Gasteiger partial charge in [-0.3, -0.25) is 0 Å². The highest BCUT2D eigenvalue weighted by atomic mass is 35.5. The van der Waals surface area contributed by atoms with Crippen LogP contribution in [0.4, 0.5) is 0 Å². The molecule has 0 aliphatic carbocycles. The zero-order valence-electron chi connectivity index (χ0n) is 7.42. The summed E-state index contributed by atoms with van der Waals surface area (Å²) >= 11 is 17.7. The fraction of sp³-hybridized carbons (Fsp3) is 0. The lowest BCUT2D eigenvalue weighted by molar-refractivity contribution is 1.18. The molecule has 0 aliphatic heterocycles. The Hall–Kier alpha value is -0.830. The molecule has 2 rings (SSSR count). The van der Waals surface area contributed by atoms with E-state index in [1.54, 1.807) is 30.6 Å². The Labute approximate surface area is 102 Å². The van der Waals surface area contributed by atoms with E-state index in [2.05, 4.69) is 9.97 Å². The van der Waals surface area contributed by atoms with Crippen LogP contribution in [0.3, 0.4) is 0 Å². The van der Waals surface area contributed by atoms with Gasteiger partial charge in [0.05, 0.1) is 15.1 Å². The minimum atomic E-state index is 0.418. The average Bonchev–Trinajstić information content (AvgIpc) is 2.25. The minimum Gasteiger partial charge on any atom is -0.237 e. The third kappa shape index (κ3) is 2.23. The van der Waals surface area contributed by atoms with E-state index in [9.17, 15) is 0 Å². The summed E-state index contributed by atoms with van der Waals surface area (Å²) in [5.41, 5.74) is 0.673. The van der Waals surface area contributed by atoms with Crippen LogP contribution in [-0.4, -0.2) is 9.97 Å². The quantitative estimate of drug-likeness (QED) is 0.721. The van der Waals surface area contributed by atoms with Crippen molar-refractivity contribution in [1.82, 2.24) is 9.97 Å². The summed E-state index contributed by atoms with van der Waals surface area (Å²) in [6.07, 6.45) is 3.28. The molecule has 0 fully saturated rings. The molecule has 1 aromatic heterocycles. The molecule has 76 valence electrons. The Kier molecular flexibility index (Phi) is 3.10. The number of rotatable bonds is 1. The minimum absolute atomic E-state index is 0.418.